The summed E-state index contributed by atoms with van der Waals surface area (Å²) >= 11 is 0. The van der Waals surface area contributed by atoms with Crippen LogP contribution in [0.1, 0.15) is 45.4 Å². The summed E-state index contributed by atoms with van der Waals surface area (Å²) in [7, 11) is 0. The molecule has 3 nitrogen and oxygen atoms in total. The molecule has 0 N–H and O–H groups in total. The first-order valence-electron chi connectivity index (χ1n) is 7.80. The zero-order valence-electron chi connectivity index (χ0n) is 11.8. The van der Waals surface area contributed by atoms with E-state index in [1.807, 2.05) is 6.92 Å². The Bertz CT molecular complexity index is 346. The number of rotatable bonds is 2. The van der Waals surface area contributed by atoms with Crippen molar-refractivity contribution in [1.29, 1.82) is 0 Å². The minimum absolute atomic E-state index is 0.0473. The lowest BCUT2D eigenvalue weighted by Gasteiger charge is -2.59. The number of hydrogen-bond acceptors (Lipinski definition) is 3. The lowest BCUT2D eigenvalue weighted by Crippen LogP contribution is -2.56. The molecule has 0 spiro atoms. The number of aldehydes is 1. The van der Waals surface area contributed by atoms with Gasteiger partial charge in [-0.2, -0.15) is 0 Å². The summed E-state index contributed by atoms with van der Waals surface area (Å²) in [4.78, 5) is 11.1. The molecule has 1 heterocycles. The van der Waals surface area contributed by atoms with E-state index >= 15 is 0 Å². The van der Waals surface area contributed by atoms with Gasteiger partial charge in [0, 0.05) is 5.41 Å². The molecule has 5 aliphatic rings. The van der Waals surface area contributed by atoms with Gasteiger partial charge in [-0.25, -0.2) is 0 Å². The zero-order chi connectivity index (χ0) is 13.1. The topological polar surface area (TPSA) is 35.5 Å². The van der Waals surface area contributed by atoms with Crippen molar-refractivity contribution in [2.45, 2.75) is 51.7 Å². The van der Waals surface area contributed by atoms with Crippen LogP contribution in [0.2, 0.25) is 0 Å². The van der Waals surface area contributed by atoms with Crippen LogP contribution in [0.4, 0.5) is 0 Å². The highest BCUT2D eigenvalue weighted by molar-refractivity contribution is 5.59. The molecular formula is C16H24O3. The summed E-state index contributed by atoms with van der Waals surface area (Å²) in [6.45, 7) is 2.99. The zero-order valence-corrected chi connectivity index (χ0v) is 11.8. The molecule has 1 saturated heterocycles. The van der Waals surface area contributed by atoms with Gasteiger partial charge in [-0.3, -0.25) is 0 Å². The standard InChI is InChI=1S/C16H24O3/c1-15(8-17)9-18-14(19-10-15)16-5-11-2-12(6-16)4-13(3-11)7-16/h8,11-14H,2-7,9-10H2,1H3. The number of ether oxygens (including phenoxy) is 2. The highest BCUT2D eigenvalue weighted by Gasteiger charge is 2.56. The molecule has 1 aliphatic heterocycles. The summed E-state index contributed by atoms with van der Waals surface area (Å²) in [5.74, 6) is 2.74. The number of carbonyl (C=O) groups is 1. The molecule has 0 aromatic rings. The fourth-order valence-electron chi connectivity index (χ4n) is 5.51. The second-order valence-corrected chi connectivity index (χ2v) is 8.01. The van der Waals surface area contributed by atoms with E-state index in [-0.39, 0.29) is 11.7 Å². The van der Waals surface area contributed by atoms with Crippen LogP contribution in [0.15, 0.2) is 0 Å². The highest BCUT2D eigenvalue weighted by atomic mass is 16.7. The fourth-order valence-corrected chi connectivity index (χ4v) is 5.51. The Balaban J connectivity index is 1.52. The van der Waals surface area contributed by atoms with E-state index in [1.54, 1.807) is 0 Å². The van der Waals surface area contributed by atoms with Crippen molar-refractivity contribution < 1.29 is 14.3 Å². The maximum atomic E-state index is 11.1. The third kappa shape index (κ3) is 1.89. The molecule has 0 unspecified atom stereocenters. The van der Waals surface area contributed by atoms with E-state index in [0.29, 0.717) is 13.2 Å². The van der Waals surface area contributed by atoms with Crippen molar-refractivity contribution in [3.63, 3.8) is 0 Å². The van der Waals surface area contributed by atoms with Gasteiger partial charge in [0.2, 0.25) is 0 Å². The van der Waals surface area contributed by atoms with Gasteiger partial charge in [0.15, 0.2) is 6.29 Å². The van der Waals surface area contributed by atoms with Crippen molar-refractivity contribution in [2.75, 3.05) is 13.2 Å². The van der Waals surface area contributed by atoms with E-state index < -0.39 is 5.41 Å². The molecule has 0 amide bonds. The van der Waals surface area contributed by atoms with E-state index in [0.717, 1.165) is 24.0 Å². The Morgan fingerprint density at radius 1 is 0.947 bits per heavy atom. The summed E-state index contributed by atoms with van der Waals surface area (Å²) in [5, 5.41) is 0. The van der Waals surface area contributed by atoms with Crippen LogP contribution in [0.3, 0.4) is 0 Å². The first kappa shape index (κ1) is 12.3. The van der Waals surface area contributed by atoms with Crippen LogP contribution < -0.4 is 0 Å². The molecule has 106 valence electrons. The van der Waals surface area contributed by atoms with Crippen LogP contribution >= 0.6 is 0 Å². The third-order valence-corrected chi connectivity index (χ3v) is 6.00. The van der Waals surface area contributed by atoms with Crippen molar-refractivity contribution in [1.82, 2.24) is 0 Å². The first-order valence-corrected chi connectivity index (χ1v) is 7.80. The molecule has 19 heavy (non-hydrogen) atoms. The van der Waals surface area contributed by atoms with Crippen LogP contribution in [0.25, 0.3) is 0 Å². The van der Waals surface area contributed by atoms with Gasteiger partial charge in [0.25, 0.3) is 0 Å². The summed E-state index contributed by atoms with van der Waals surface area (Å²) in [5.41, 5.74) is -0.155. The van der Waals surface area contributed by atoms with Gasteiger partial charge in [0.1, 0.15) is 6.29 Å². The maximum Gasteiger partial charge on any atom is 0.163 e. The molecule has 4 saturated carbocycles. The minimum Gasteiger partial charge on any atom is -0.351 e. The molecule has 4 aliphatic carbocycles. The van der Waals surface area contributed by atoms with Crippen LogP contribution in [0, 0.1) is 28.6 Å². The maximum absolute atomic E-state index is 11.1. The average Bonchev–Trinajstić information content (AvgIpc) is 2.38. The van der Waals surface area contributed by atoms with Crippen LogP contribution in [-0.4, -0.2) is 25.8 Å². The molecule has 0 atom stereocenters. The Morgan fingerprint density at radius 3 is 1.84 bits per heavy atom. The van der Waals surface area contributed by atoms with Crippen LogP contribution in [-0.2, 0) is 14.3 Å². The van der Waals surface area contributed by atoms with E-state index in [2.05, 4.69) is 0 Å². The molecule has 0 aromatic carbocycles. The van der Waals surface area contributed by atoms with Gasteiger partial charge in [0.05, 0.1) is 18.6 Å². The van der Waals surface area contributed by atoms with Crippen molar-refractivity contribution in [3.8, 4) is 0 Å². The van der Waals surface area contributed by atoms with Crippen molar-refractivity contribution in [2.24, 2.45) is 28.6 Å². The molecule has 0 radical (unpaired) electrons. The normalized spacial score (nSPS) is 56.3. The Morgan fingerprint density at radius 2 is 1.42 bits per heavy atom. The first-order chi connectivity index (χ1) is 9.11. The van der Waals surface area contributed by atoms with Crippen LogP contribution in [0.5, 0.6) is 0 Å². The summed E-state index contributed by atoms with van der Waals surface area (Å²) in [6.07, 6.45) is 9.15. The molecular weight excluding hydrogens is 240 g/mol. The van der Waals surface area contributed by atoms with E-state index in [9.17, 15) is 4.79 Å². The van der Waals surface area contributed by atoms with Gasteiger partial charge in [-0.15, -0.1) is 0 Å². The van der Waals surface area contributed by atoms with E-state index in [1.165, 1.54) is 38.5 Å². The quantitative estimate of drug-likeness (QED) is 0.719. The molecule has 5 fully saturated rings. The van der Waals surface area contributed by atoms with E-state index in [4.69, 9.17) is 9.47 Å². The Hall–Kier alpha value is -0.410. The predicted octanol–water partition coefficient (Wildman–Crippen LogP) is 2.78. The van der Waals surface area contributed by atoms with Crippen molar-refractivity contribution in [3.05, 3.63) is 0 Å². The largest absolute Gasteiger partial charge is 0.351 e. The fraction of sp³-hybridized carbons (Fsp3) is 0.938. The summed E-state index contributed by atoms with van der Waals surface area (Å²) in [6, 6.07) is 0. The lowest BCUT2D eigenvalue weighted by molar-refractivity contribution is -0.292. The van der Waals surface area contributed by atoms with Gasteiger partial charge in [-0.05, 0) is 63.2 Å². The van der Waals surface area contributed by atoms with Crippen molar-refractivity contribution >= 4 is 6.29 Å². The third-order valence-electron chi connectivity index (χ3n) is 6.00. The second-order valence-electron chi connectivity index (χ2n) is 8.01. The second kappa shape index (κ2) is 4.05. The van der Waals surface area contributed by atoms with Gasteiger partial charge in [-0.1, -0.05) is 0 Å². The SMILES string of the molecule is CC1(C=O)COC(C23CC4CC(CC(C4)C2)C3)OC1. The monoisotopic (exact) mass is 264 g/mol. The Labute approximate surface area is 115 Å². The molecule has 5 rings (SSSR count). The average molecular weight is 264 g/mol. The molecule has 0 aromatic heterocycles. The Kier molecular flexibility index (Phi) is 2.63. The molecule has 3 heteroatoms. The van der Waals surface area contributed by atoms with Gasteiger partial charge >= 0.3 is 0 Å². The van der Waals surface area contributed by atoms with Gasteiger partial charge < -0.3 is 14.3 Å². The number of hydrogen-bond donors (Lipinski definition) is 0. The highest BCUT2D eigenvalue weighted by Crippen LogP contribution is 2.62. The summed E-state index contributed by atoms with van der Waals surface area (Å²) < 4.78 is 12.0. The minimum atomic E-state index is -0.432. The lowest BCUT2D eigenvalue weighted by atomic mass is 9.49. The molecule has 4 bridgehead atoms. The smallest absolute Gasteiger partial charge is 0.163 e. The number of carbonyl (C=O) groups excluding carboxylic acids is 1. The predicted molar refractivity (Wildman–Crippen MR) is 70.5 cm³/mol.